The highest BCUT2D eigenvalue weighted by molar-refractivity contribution is 5.92. The largest absolute Gasteiger partial charge is 0.337 e. The van der Waals surface area contributed by atoms with Gasteiger partial charge >= 0.3 is 0 Å². The lowest BCUT2D eigenvalue weighted by atomic mass is 10.1. The van der Waals surface area contributed by atoms with Crippen LogP contribution in [0.1, 0.15) is 54.6 Å². The first-order chi connectivity index (χ1) is 9.92. The summed E-state index contributed by atoms with van der Waals surface area (Å²) < 4.78 is 6.77. The zero-order valence-electron chi connectivity index (χ0n) is 13.1. The molecular weight excluding hydrogens is 270 g/mol. The van der Waals surface area contributed by atoms with Crippen molar-refractivity contribution in [3.63, 3.8) is 0 Å². The Balaban J connectivity index is 2.18. The molecule has 7 heteroatoms. The normalized spacial score (nSPS) is 11.1. The van der Waals surface area contributed by atoms with Crippen LogP contribution in [0.15, 0.2) is 10.6 Å². The van der Waals surface area contributed by atoms with E-state index < -0.39 is 0 Å². The number of aryl methyl sites for hydroxylation is 2. The number of nitrogens with zero attached hydrogens (tertiary/aromatic N) is 5. The van der Waals surface area contributed by atoms with Gasteiger partial charge in [0.1, 0.15) is 12.2 Å². The smallest absolute Gasteiger partial charge is 0.272 e. The molecule has 114 valence electrons. The minimum atomic E-state index is -0.105. The van der Waals surface area contributed by atoms with E-state index >= 15 is 0 Å². The van der Waals surface area contributed by atoms with Crippen molar-refractivity contribution in [1.82, 2.24) is 24.8 Å². The van der Waals surface area contributed by atoms with Gasteiger partial charge in [0.25, 0.3) is 5.91 Å². The van der Waals surface area contributed by atoms with Crippen LogP contribution in [0.25, 0.3) is 0 Å². The maximum atomic E-state index is 12.5. The zero-order chi connectivity index (χ0) is 15.6. The van der Waals surface area contributed by atoms with Crippen LogP contribution in [0.4, 0.5) is 0 Å². The predicted molar refractivity (Wildman–Crippen MR) is 76.8 cm³/mol. The van der Waals surface area contributed by atoms with E-state index in [0.29, 0.717) is 24.0 Å². The van der Waals surface area contributed by atoms with E-state index in [0.717, 1.165) is 5.69 Å². The molecule has 2 heterocycles. The molecule has 0 aromatic carbocycles. The van der Waals surface area contributed by atoms with Crippen molar-refractivity contribution in [2.45, 2.75) is 46.7 Å². The highest BCUT2D eigenvalue weighted by atomic mass is 16.5. The van der Waals surface area contributed by atoms with Gasteiger partial charge in [0.15, 0.2) is 5.82 Å². The lowest BCUT2D eigenvalue weighted by Gasteiger charge is -2.15. The van der Waals surface area contributed by atoms with Gasteiger partial charge in [-0.25, -0.2) is 0 Å². The van der Waals surface area contributed by atoms with Crippen LogP contribution in [-0.2, 0) is 13.1 Å². The van der Waals surface area contributed by atoms with Crippen molar-refractivity contribution in [3.8, 4) is 0 Å². The van der Waals surface area contributed by atoms with E-state index in [1.165, 1.54) is 0 Å². The number of rotatable bonds is 5. The third kappa shape index (κ3) is 3.29. The first-order valence-corrected chi connectivity index (χ1v) is 7.04. The van der Waals surface area contributed by atoms with Gasteiger partial charge in [-0.2, -0.15) is 10.1 Å². The highest BCUT2D eigenvalue weighted by Crippen LogP contribution is 2.16. The summed E-state index contributed by atoms with van der Waals surface area (Å²) in [6.45, 7) is 8.76. The Morgan fingerprint density at radius 1 is 1.48 bits per heavy atom. The van der Waals surface area contributed by atoms with Crippen LogP contribution in [0.3, 0.4) is 0 Å². The Labute approximate surface area is 123 Å². The highest BCUT2D eigenvalue weighted by Gasteiger charge is 2.21. The van der Waals surface area contributed by atoms with Crippen molar-refractivity contribution in [3.05, 3.63) is 29.2 Å². The Hall–Kier alpha value is -2.18. The number of carbonyl (C=O) groups excluding carboxylic acids is 1. The summed E-state index contributed by atoms with van der Waals surface area (Å²) in [5, 5.41) is 8.18. The first-order valence-electron chi connectivity index (χ1n) is 7.04. The molecular formula is C14H21N5O2. The van der Waals surface area contributed by atoms with Gasteiger partial charge in [-0.3, -0.25) is 9.48 Å². The molecule has 0 fully saturated rings. The quantitative estimate of drug-likeness (QED) is 0.842. The standard InChI is InChI=1S/C14H21N5O2/c1-6-19-12(7-11(16-19)9(2)3)14(20)18(5)8-13-15-10(4)17-21-13/h7,9H,6,8H2,1-5H3. The molecule has 0 bridgehead atoms. The van der Waals surface area contributed by atoms with Gasteiger partial charge in [-0.15, -0.1) is 0 Å². The maximum Gasteiger partial charge on any atom is 0.272 e. The number of carbonyl (C=O) groups is 1. The molecule has 1 amide bonds. The van der Waals surface area contributed by atoms with Crippen LogP contribution in [0.5, 0.6) is 0 Å². The van der Waals surface area contributed by atoms with E-state index in [1.54, 1.807) is 23.6 Å². The summed E-state index contributed by atoms with van der Waals surface area (Å²) in [4.78, 5) is 18.2. The second kappa shape index (κ2) is 6.07. The van der Waals surface area contributed by atoms with E-state index in [1.807, 2.05) is 13.0 Å². The van der Waals surface area contributed by atoms with E-state index in [2.05, 4.69) is 29.1 Å². The molecule has 0 unspecified atom stereocenters. The van der Waals surface area contributed by atoms with E-state index in [9.17, 15) is 4.79 Å². The lowest BCUT2D eigenvalue weighted by molar-refractivity contribution is 0.0757. The molecule has 0 N–H and O–H groups in total. The van der Waals surface area contributed by atoms with Crippen LogP contribution in [0.2, 0.25) is 0 Å². The summed E-state index contributed by atoms with van der Waals surface area (Å²) in [6.07, 6.45) is 0. The molecule has 2 rings (SSSR count). The molecule has 7 nitrogen and oxygen atoms in total. The fraction of sp³-hybridized carbons (Fsp3) is 0.571. The fourth-order valence-corrected chi connectivity index (χ4v) is 2.01. The summed E-state index contributed by atoms with van der Waals surface area (Å²) in [6, 6.07) is 1.85. The van der Waals surface area contributed by atoms with Gasteiger partial charge in [-0.1, -0.05) is 19.0 Å². The molecule has 0 radical (unpaired) electrons. The molecule has 0 saturated heterocycles. The third-order valence-electron chi connectivity index (χ3n) is 3.20. The average Bonchev–Trinajstić information content (AvgIpc) is 3.04. The van der Waals surface area contributed by atoms with Crippen LogP contribution < -0.4 is 0 Å². The SMILES string of the molecule is CCn1nc(C(C)C)cc1C(=O)N(C)Cc1nc(C)no1. The van der Waals surface area contributed by atoms with E-state index in [4.69, 9.17) is 4.52 Å². The van der Waals surface area contributed by atoms with E-state index in [-0.39, 0.29) is 18.4 Å². The average molecular weight is 291 g/mol. The van der Waals surface area contributed by atoms with Crippen LogP contribution in [-0.4, -0.2) is 37.8 Å². The zero-order valence-corrected chi connectivity index (χ0v) is 13.1. The van der Waals surface area contributed by atoms with Gasteiger partial charge in [0, 0.05) is 13.6 Å². The molecule has 2 aromatic heterocycles. The molecule has 0 spiro atoms. The van der Waals surface area contributed by atoms with Gasteiger partial charge in [-0.05, 0) is 25.8 Å². The summed E-state index contributed by atoms with van der Waals surface area (Å²) in [5.74, 6) is 1.17. The van der Waals surface area contributed by atoms with Crippen molar-refractivity contribution < 1.29 is 9.32 Å². The predicted octanol–water partition coefficient (Wildman–Crippen LogP) is 1.99. The Bertz CT molecular complexity index is 629. The van der Waals surface area contributed by atoms with Gasteiger partial charge in [0.05, 0.1) is 5.69 Å². The fourth-order valence-electron chi connectivity index (χ4n) is 2.01. The number of hydrogen-bond acceptors (Lipinski definition) is 5. The topological polar surface area (TPSA) is 77.1 Å². The Kier molecular flexibility index (Phi) is 4.40. The molecule has 2 aromatic rings. The van der Waals surface area contributed by atoms with Crippen molar-refractivity contribution in [2.24, 2.45) is 0 Å². The first kappa shape index (κ1) is 15.2. The maximum absolute atomic E-state index is 12.5. The Morgan fingerprint density at radius 2 is 2.19 bits per heavy atom. The summed E-state index contributed by atoms with van der Waals surface area (Å²) in [7, 11) is 1.71. The number of aromatic nitrogens is 4. The lowest BCUT2D eigenvalue weighted by Crippen LogP contribution is -2.28. The van der Waals surface area contributed by atoms with Crippen molar-refractivity contribution in [2.75, 3.05) is 7.05 Å². The van der Waals surface area contributed by atoms with Gasteiger partial charge < -0.3 is 9.42 Å². The molecule has 21 heavy (non-hydrogen) atoms. The minimum Gasteiger partial charge on any atom is -0.337 e. The summed E-state index contributed by atoms with van der Waals surface area (Å²) >= 11 is 0. The van der Waals surface area contributed by atoms with Crippen molar-refractivity contribution in [1.29, 1.82) is 0 Å². The number of hydrogen-bond donors (Lipinski definition) is 0. The van der Waals surface area contributed by atoms with Gasteiger partial charge in [0.2, 0.25) is 5.89 Å². The molecule has 0 aliphatic rings. The number of amides is 1. The third-order valence-corrected chi connectivity index (χ3v) is 3.20. The van der Waals surface area contributed by atoms with Crippen molar-refractivity contribution >= 4 is 5.91 Å². The minimum absolute atomic E-state index is 0.105. The second-order valence-electron chi connectivity index (χ2n) is 5.32. The Morgan fingerprint density at radius 3 is 2.71 bits per heavy atom. The monoisotopic (exact) mass is 291 g/mol. The van der Waals surface area contributed by atoms with Crippen LogP contribution in [0, 0.1) is 6.92 Å². The molecule has 0 saturated carbocycles. The summed E-state index contributed by atoms with van der Waals surface area (Å²) in [5.41, 5.74) is 1.50. The molecule has 0 atom stereocenters. The van der Waals surface area contributed by atoms with Crippen LogP contribution >= 0.6 is 0 Å². The molecule has 0 aliphatic heterocycles. The molecule has 0 aliphatic carbocycles. The second-order valence-corrected chi connectivity index (χ2v) is 5.32.